The van der Waals surface area contributed by atoms with Crippen molar-refractivity contribution < 1.29 is 1.43 Å². The Morgan fingerprint density at radius 3 is 2.62 bits per heavy atom. The zero-order chi connectivity index (χ0) is 5.61. The summed E-state index contributed by atoms with van der Waals surface area (Å²) in [6.45, 7) is 3.58. The van der Waals surface area contributed by atoms with Crippen LogP contribution in [-0.4, -0.2) is 12.6 Å². The van der Waals surface area contributed by atoms with Crippen molar-refractivity contribution >= 4 is 0 Å². The van der Waals surface area contributed by atoms with Crippen molar-refractivity contribution in [3.63, 3.8) is 0 Å². The van der Waals surface area contributed by atoms with Crippen molar-refractivity contribution in [2.45, 2.75) is 32.2 Å². The van der Waals surface area contributed by atoms with Crippen molar-refractivity contribution in [3.05, 3.63) is 0 Å². The Morgan fingerprint density at radius 2 is 2.38 bits per heavy atom. The van der Waals surface area contributed by atoms with E-state index in [0.717, 1.165) is 11.5 Å². The molecular weight excluding hydrogens is 98.1 g/mol. The highest BCUT2D eigenvalue weighted by Crippen LogP contribution is 2.51. The quantitative estimate of drug-likeness (QED) is 0.500. The summed E-state index contributed by atoms with van der Waals surface area (Å²) in [5.41, 5.74) is 0.805. The van der Waals surface area contributed by atoms with Crippen molar-refractivity contribution in [3.8, 4) is 0 Å². The summed E-state index contributed by atoms with van der Waals surface area (Å²) in [4.78, 5) is 0. The summed E-state index contributed by atoms with van der Waals surface area (Å²) in [5.74, 6) is 0. The zero-order valence-corrected chi connectivity index (χ0v) is 5.41. The van der Waals surface area contributed by atoms with E-state index in [0.29, 0.717) is 0 Å². The van der Waals surface area contributed by atoms with Crippen LogP contribution in [0, 0.1) is 5.41 Å². The second-order valence-electron chi connectivity index (χ2n) is 3.49. The fourth-order valence-electron chi connectivity index (χ4n) is 1.74. The van der Waals surface area contributed by atoms with Gasteiger partial charge >= 0.3 is 0 Å². The van der Waals surface area contributed by atoms with Crippen LogP contribution in [0.4, 0.5) is 0 Å². The maximum absolute atomic E-state index is 3.47. The zero-order valence-electron chi connectivity index (χ0n) is 5.41. The van der Waals surface area contributed by atoms with E-state index in [4.69, 9.17) is 0 Å². The molecule has 8 heavy (non-hydrogen) atoms. The van der Waals surface area contributed by atoms with Crippen LogP contribution in [0.1, 0.15) is 27.6 Å². The average molecular weight is 113 g/mol. The summed E-state index contributed by atoms with van der Waals surface area (Å²) >= 11 is 0. The average Bonchev–Trinajstić information content (AvgIpc) is 2.34. The summed E-state index contributed by atoms with van der Waals surface area (Å²) in [6.07, 6.45) is 4.42. The molecule has 1 unspecified atom stereocenters. The van der Waals surface area contributed by atoms with Crippen molar-refractivity contribution in [1.29, 1.82) is 0 Å². The SMILES string of the molecule is CC1CC2(CC2)CN1.[HH]. The first-order valence-electron chi connectivity index (χ1n) is 3.54. The molecule has 2 fully saturated rings. The molecule has 1 nitrogen and oxygen atoms in total. The predicted molar refractivity (Wildman–Crippen MR) is 35.9 cm³/mol. The fraction of sp³-hybridized carbons (Fsp3) is 1.00. The van der Waals surface area contributed by atoms with E-state index >= 15 is 0 Å². The van der Waals surface area contributed by atoms with Gasteiger partial charge < -0.3 is 5.32 Å². The maximum Gasteiger partial charge on any atom is 0.00447 e. The normalized spacial score (nSPS) is 40.9. The molecule has 2 aliphatic rings. The Kier molecular flexibility index (Phi) is 0.762. The highest BCUT2D eigenvalue weighted by molar-refractivity contribution is 5.01. The summed E-state index contributed by atoms with van der Waals surface area (Å²) in [6, 6.07) is 0.803. The molecule has 1 saturated carbocycles. The predicted octanol–water partition coefficient (Wildman–Crippen LogP) is 1.39. The number of rotatable bonds is 0. The van der Waals surface area contributed by atoms with Gasteiger partial charge in [0, 0.05) is 14.0 Å². The van der Waals surface area contributed by atoms with Gasteiger partial charge in [0.05, 0.1) is 0 Å². The number of nitrogens with one attached hydrogen (secondary N) is 1. The molecule has 1 saturated heterocycles. The molecule has 0 aromatic heterocycles. The number of hydrogen-bond acceptors (Lipinski definition) is 1. The van der Waals surface area contributed by atoms with Gasteiger partial charge in [-0.25, -0.2) is 0 Å². The van der Waals surface area contributed by atoms with E-state index in [-0.39, 0.29) is 1.43 Å². The van der Waals surface area contributed by atoms with Gasteiger partial charge in [-0.15, -0.1) is 0 Å². The molecule has 2 rings (SSSR count). The Morgan fingerprint density at radius 1 is 1.62 bits per heavy atom. The van der Waals surface area contributed by atoms with Crippen LogP contribution in [0.25, 0.3) is 0 Å². The van der Waals surface area contributed by atoms with Gasteiger partial charge in [-0.05, 0) is 31.6 Å². The van der Waals surface area contributed by atoms with Gasteiger partial charge in [0.1, 0.15) is 0 Å². The molecule has 1 heterocycles. The maximum atomic E-state index is 3.47. The minimum Gasteiger partial charge on any atom is -0.314 e. The monoisotopic (exact) mass is 113 g/mol. The highest BCUT2D eigenvalue weighted by Gasteiger charge is 2.46. The van der Waals surface area contributed by atoms with Crippen LogP contribution in [0.15, 0.2) is 0 Å². The smallest absolute Gasteiger partial charge is 0.00447 e. The summed E-state index contributed by atoms with van der Waals surface area (Å²) < 4.78 is 0. The highest BCUT2D eigenvalue weighted by atomic mass is 15.0. The lowest BCUT2D eigenvalue weighted by Crippen LogP contribution is -2.16. The second kappa shape index (κ2) is 1.27. The van der Waals surface area contributed by atoms with Crippen LogP contribution >= 0.6 is 0 Å². The lowest BCUT2D eigenvalue weighted by molar-refractivity contribution is 0.557. The fourth-order valence-corrected chi connectivity index (χ4v) is 1.74. The van der Waals surface area contributed by atoms with Crippen LogP contribution in [0.3, 0.4) is 0 Å². The standard InChI is InChI=1S/C7H13N.H2/c1-6-4-7(2-3-7)5-8-6;/h6,8H,2-5H2,1H3;1H. The molecule has 1 N–H and O–H groups in total. The van der Waals surface area contributed by atoms with E-state index in [1.54, 1.807) is 0 Å². The molecule has 0 radical (unpaired) electrons. The minimum absolute atomic E-state index is 0. The molecule has 0 aromatic carbocycles. The van der Waals surface area contributed by atoms with E-state index in [1.165, 1.54) is 25.8 Å². The van der Waals surface area contributed by atoms with Gasteiger partial charge in [0.2, 0.25) is 0 Å². The molecule has 1 aliphatic carbocycles. The molecule has 1 heteroatoms. The lowest BCUT2D eigenvalue weighted by Gasteiger charge is -1.99. The van der Waals surface area contributed by atoms with Gasteiger partial charge in [0.15, 0.2) is 0 Å². The number of hydrogen-bond donors (Lipinski definition) is 1. The molecule has 1 atom stereocenters. The van der Waals surface area contributed by atoms with Gasteiger partial charge in [-0.3, -0.25) is 0 Å². The van der Waals surface area contributed by atoms with Gasteiger partial charge in [-0.2, -0.15) is 0 Å². The van der Waals surface area contributed by atoms with Crippen LogP contribution in [-0.2, 0) is 0 Å². The van der Waals surface area contributed by atoms with Gasteiger partial charge in [0.25, 0.3) is 0 Å². The topological polar surface area (TPSA) is 12.0 Å². The molecule has 0 amide bonds. The van der Waals surface area contributed by atoms with Crippen LogP contribution in [0.2, 0.25) is 0 Å². The first-order valence-corrected chi connectivity index (χ1v) is 3.54. The Labute approximate surface area is 52.0 Å². The first-order chi connectivity index (χ1) is 3.81. The van der Waals surface area contributed by atoms with E-state index in [2.05, 4.69) is 12.2 Å². The van der Waals surface area contributed by atoms with Crippen LogP contribution < -0.4 is 5.32 Å². The summed E-state index contributed by atoms with van der Waals surface area (Å²) in [5, 5.41) is 3.47. The van der Waals surface area contributed by atoms with Crippen molar-refractivity contribution in [2.75, 3.05) is 6.54 Å². The molecule has 1 aliphatic heterocycles. The van der Waals surface area contributed by atoms with Gasteiger partial charge in [-0.1, -0.05) is 0 Å². The third-order valence-electron chi connectivity index (χ3n) is 2.52. The third kappa shape index (κ3) is 0.576. The second-order valence-corrected chi connectivity index (χ2v) is 3.49. The van der Waals surface area contributed by atoms with Crippen LogP contribution in [0.5, 0.6) is 0 Å². The minimum atomic E-state index is 0. The molecular formula is C7H15N. The van der Waals surface area contributed by atoms with E-state index in [1.807, 2.05) is 0 Å². The van der Waals surface area contributed by atoms with E-state index in [9.17, 15) is 0 Å². The van der Waals surface area contributed by atoms with E-state index < -0.39 is 0 Å². The third-order valence-corrected chi connectivity index (χ3v) is 2.52. The Hall–Kier alpha value is -0.0400. The Bertz CT molecular complexity index is 109. The molecule has 1 spiro atoms. The Balaban J connectivity index is 0.000000405. The first kappa shape index (κ1) is 4.80. The van der Waals surface area contributed by atoms with Crippen molar-refractivity contribution in [1.82, 2.24) is 5.32 Å². The lowest BCUT2D eigenvalue weighted by atomic mass is 10.0. The summed E-state index contributed by atoms with van der Waals surface area (Å²) in [7, 11) is 0. The van der Waals surface area contributed by atoms with Crippen molar-refractivity contribution in [2.24, 2.45) is 5.41 Å². The largest absolute Gasteiger partial charge is 0.314 e. The molecule has 0 aromatic rings. The molecule has 48 valence electrons. The molecule has 0 bridgehead atoms.